The lowest BCUT2D eigenvalue weighted by Crippen LogP contribution is -1.98. The van der Waals surface area contributed by atoms with Crippen molar-refractivity contribution < 1.29 is 4.79 Å². The predicted octanol–water partition coefficient (Wildman–Crippen LogP) is 5.82. The molecule has 2 heteroatoms. The van der Waals surface area contributed by atoms with Crippen molar-refractivity contribution in [1.29, 1.82) is 0 Å². The highest BCUT2D eigenvalue weighted by molar-refractivity contribution is 6.27. The number of para-hydroxylation sites is 1. The Morgan fingerprint density at radius 3 is 2.19 bits per heavy atom. The van der Waals surface area contributed by atoms with Crippen molar-refractivity contribution in [2.24, 2.45) is 0 Å². The van der Waals surface area contributed by atoms with Crippen LogP contribution in [0, 0.1) is 0 Å². The molecule has 1 heterocycles. The Kier molecular flexibility index (Phi) is 4.71. The van der Waals surface area contributed by atoms with Gasteiger partial charge in [-0.2, -0.15) is 0 Å². The smallest absolute Gasteiger partial charge is 0.160 e. The molecular weight excluding hydrogens is 330 g/mol. The first-order valence-corrected chi connectivity index (χ1v) is 9.12. The van der Waals surface area contributed by atoms with Crippen LogP contribution in [0.4, 0.5) is 0 Å². The summed E-state index contributed by atoms with van der Waals surface area (Å²) in [6, 6.07) is 28.7. The maximum Gasteiger partial charge on any atom is 0.160 e. The van der Waals surface area contributed by atoms with Crippen LogP contribution < -0.4 is 0 Å². The summed E-state index contributed by atoms with van der Waals surface area (Å²) in [5.74, 6) is 0.0708. The van der Waals surface area contributed by atoms with E-state index in [2.05, 4.69) is 47.2 Å². The van der Waals surface area contributed by atoms with Crippen LogP contribution in [-0.4, -0.2) is 10.4 Å². The van der Waals surface area contributed by atoms with E-state index in [4.69, 9.17) is 0 Å². The van der Waals surface area contributed by atoms with Gasteiger partial charge in [0.25, 0.3) is 0 Å². The van der Waals surface area contributed by atoms with E-state index >= 15 is 0 Å². The number of carbonyl (C=O) groups excluding carboxylic acids is 1. The SMILES string of the molecule is CC(=O)C(=Cc1ccccc1)c1cn(Cc2ccccc2)c2ccccc12. The van der Waals surface area contributed by atoms with Gasteiger partial charge in [-0.25, -0.2) is 0 Å². The second-order valence-corrected chi connectivity index (χ2v) is 6.70. The summed E-state index contributed by atoms with van der Waals surface area (Å²) < 4.78 is 2.22. The van der Waals surface area contributed by atoms with E-state index in [1.54, 1.807) is 6.92 Å². The molecule has 0 aliphatic rings. The number of Topliss-reactive ketones (excluding diaryl/α,β-unsaturated/α-hetero) is 1. The Morgan fingerprint density at radius 2 is 1.48 bits per heavy atom. The zero-order valence-corrected chi connectivity index (χ0v) is 15.3. The van der Waals surface area contributed by atoms with Gasteiger partial charge in [-0.1, -0.05) is 78.9 Å². The first kappa shape index (κ1) is 17.0. The molecule has 0 atom stereocenters. The van der Waals surface area contributed by atoms with E-state index in [1.807, 2.05) is 54.6 Å². The second kappa shape index (κ2) is 7.46. The maximum atomic E-state index is 12.5. The molecule has 0 amide bonds. The minimum atomic E-state index is 0.0708. The highest BCUT2D eigenvalue weighted by Gasteiger charge is 2.15. The van der Waals surface area contributed by atoms with Gasteiger partial charge < -0.3 is 4.57 Å². The van der Waals surface area contributed by atoms with Crippen molar-refractivity contribution in [2.45, 2.75) is 13.5 Å². The summed E-state index contributed by atoms with van der Waals surface area (Å²) in [6.45, 7) is 2.41. The largest absolute Gasteiger partial charge is 0.342 e. The van der Waals surface area contributed by atoms with Gasteiger partial charge in [-0.3, -0.25) is 4.79 Å². The molecule has 0 fully saturated rings. The normalized spacial score (nSPS) is 11.7. The fourth-order valence-electron chi connectivity index (χ4n) is 3.46. The number of nitrogens with zero attached hydrogens (tertiary/aromatic N) is 1. The molecule has 0 aliphatic carbocycles. The number of rotatable bonds is 5. The van der Waals surface area contributed by atoms with Gasteiger partial charge in [0, 0.05) is 34.8 Å². The van der Waals surface area contributed by atoms with E-state index in [0.29, 0.717) is 0 Å². The Hall–Kier alpha value is -3.39. The molecule has 132 valence electrons. The Labute approximate surface area is 159 Å². The van der Waals surface area contributed by atoms with Crippen molar-refractivity contribution in [3.8, 4) is 0 Å². The molecular formula is C25H21NO. The molecule has 0 radical (unpaired) electrons. The first-order valence-electron chi connectivity index (χ1n) is 9.12. The number of hydrogen-bond acceptors (Lipinski definition) is 1. The minimum absolute atomic E-state index is 0.0708. The quantitative estimate of drug-likeness (QED) is 0.415. The van der Waals surface area contributed by atoms with Crippen molar-refractivity contribution in [1.82, 2.24) is 4.57 Å². The molecule has 0 N–H and O–H groups in total. The third-order valence-corrected chi connectivity index (χ3v) is 4.76. The van der Waals surface area contributed by atoms with Crippen LogP contribution >= 0.6 is 0 Å². The summed E-state index contributed by atoms with van der Waals surface area (Å²) in [6.07, 6.45) is 4.09. The fourth-order valence-corrected chi connectivity index (χ4v) is 3.46. The molecule has 0 spiro atoms. The Bertz CT molecular complexity index is 1110. The average molecular weight is 351 g/mol. The van der Waals surface area contributed by atoms with Crippen LogP contribution in [0.25, 0.3) is 22.6 Å². The molecule has 3 aromatic carbocycles. The molecule has 0 saturated heterocycles. The monoisotopic (exact) mass is 351 g/mol. The molecule has 2 nitrogen and oxygen atoms in total. The summed E-state index contributed by atoms with van der Waals surface area (Å²) in [5, 5.41) is 1.10. The van der Waals surface area contributed by atoms with Crippen LogP contribution in [0.1, 0.15) is 23.6 Å². The topological polar surface area (TPSA) is 22.0 Å². The van der Waals surface area contributed by atoms with Gasteiger partial charge >= 0.3 is 0 Å². The number of fused-ring (bicyclic) bond motifs is 1. The van der Waals surface area contributed by atoms with E-state index in [1.165, 1.54) is 5.56 Å². The molecule has 4 aromatic rings. The van der Waals surface area contributed by atoms with Crippen molar-refractivity contribution in [3.63, 3.8) is 0 Å². The van der Waals surface area contributed by atoms with E-state index in [9.17, 15) is 4.79 Å². The highest BCUT2D eigenvalue weighted by Crippen LogP contribution is 2.30. The van der Waals surface area contributed by atoms with Crippen molar-refractivity contribution in [3.05, 3.63) is 108 Å². The molecule has 1 aromatic heterocycles. The average Bonchev–Trinajstić information content (AvgIpc) is 3.06. The highest BCUT2D eigenvalue weighted by atomic mass is 16.1. The summed E-state index contributed by atoms with van der Waals surface area (Å²) >= 11 is 0. The molecule has 27 heavy (non-hydrogen) atoms. The number of benzene rings is 3. The Balaban J connectivity index is 1.86. The van der Waals surface area contributed by atoms with Crippen LogP contribution in [-0.2, 0) is 11.3 Å². The summed E-state index contributed by atoms with van der Waals surface area (Å²) in [7, 11) is 0. The zero-order valence-electron chi connectivity index (χ0n) is 15.3. The first-order chi connectivity index (χ1) is 13.2. The van der Waals surface area contributed by atoms with Crippen molar-refractivity contribution >= 4 is 28.3 Å². The van der Waals surface area contributed by atoms with Gasteiger partial charge in [0.05, 0.1) is 0 Å². The van der Waals surface area contributed by atoms with E-state index in [0.717, 1.165) is 34.1 Å². The van der Waals surface area contributed by atoms with Crippen molar-refractivity contribution in [2.75, 3.05) is 0 Å². The lowest BCUT2D eigenvalue weighted by Gasteiger charge is -2.05. The maximum absolute atomic E-state index is 12.5. The van der Waals surface area contributed by atoms with Crippen LogP contribution in [0.5, 0.6) is 0 Å². The van der Waals surface area contributed by atoms with Gasteiger partial charge in [0.2, 0.25) is 0 Å². The Morgan fingerprint density at radius 1 is 0.852 bits per heavy atom. The number of hydrogen-bond donors (Lipinski definition) is 0. The van der Waals surface area contributed by atoms with Gasteiger partial charge in [0.1, 0.15) is 0 Å². The van der Waals surface area contributed by atoms with Crippen LogP contribution in [0.2, 0.25) is 0 Å². The van der Waals surface area contributed by atoms with Crippen LogP contribution in [0.15, 0.2) is 91.1 Å². The third kappa shape index (κ3) is 3.61. The number of allylic oxidation sites excluding steroid dienone is 1. The molecule has 4 rings (SSSR count). The lowest BCUT2D eigenvalue weighted by atomic mass is 9.99. The fraction of sp³-hybridized carbons (Fsp3) is 0.0800. The number of ketones is 1. The number of aromatic nitrogens is 1. The minimum Gasteiger partial charge on any atom is -0.342 e. The second-order valence-electron chi connectivity index (χ2n) is 6.70. The van der Waals surface area contributed by atoms with E-state index < -0.39 is 0 Å². The van der Waals surface area contributed by atoms with Gasteiger partial charge in [0.15, 0.2) is 5.78 Å². The molecule has 0 unspecified atom stereocenters. The molecule has 0 bridgehead atoms. The summed E-state index contributed by atoms with van der Waals surface area (Å²) in [4.78, 5) is 12.5. The summed E-state index contributed by atoms with van der Waals surface area (Å²) in [5.41, 5.74) is 5.13. The lowest BCUT2D eigenvalue weighted by molar-refractivity contribution is -0.111. The zero-order chi connectivity index (χ0) is 18.6. The molecule has 0 saturated carbocycles. The predicted molar refractivity (Wildman–Crippen MR) is 112 cm³/mol. The van der Waals surface area contributed by atoms with Gasteiger partial charge in [-0.15, -0.1) is 0 Å². The molecule has 0 aliphatic heterocycles. The standard InChI is InChI=1S/C25H21NO/c1-19(27)23(16-20-10-4-2-5-11-20)24-18-26(17-21-12-6-3-7-13-21)25-15-9-8-14-22(24)25/h2-16,18H,17H2,1H3. The number of carbonyl (C=O) groups is 1. The third-order valence-electron chi connectivity index (χ3n) is 4.76. The van der Waals surface area contributed by atoms with Crippen LogP contribution in [0.3, 0.4) is 0 Å². The van der Waals surface area contributed by atoms with Gasteiger partial charge in [-0.05, 0) is 30.2 Å². The van der Waals surface area contributed by atoms with E-state index in [-0.39, 0.29) is 5.78 Å².